The number of carbonyl (C=O) groups excluding carboxylic acids is 1. The van der Waals surface area contributed by atoms with Crippen LogP contribution in [0.5, 0.6) is 0 Å². The van der Waals surface area contributed by atoms with E-state index in [4.69, 9.17) is 17.3 Å². The number of nitro groups is 1. The number of thioether (sulfide) groups is 1. The van der Waals surface area contributed by atoms with E-state index < -0.39 is 10.8 Å². The van der Waals surface area contributed by atoms with Crippen LogP contribution < -0.4 is 10.6 Å². The summed E-state index contributed by atoms with van der Waals surface area (Å²) < 4.78 is 0. The van der Waals surface area contributed by atoms with Gasteiger partial charge in [-0.25, -0.2) is 0 Å². The van der Waals surface area contributed by atoms with Gasteiger partial charge < -0.3 is 5.73 Å². The van der Waals surface area contributed by atoms with Gasteiger partial charge in [-0.05, 0) is 80.1 Å². The summed E-state index contributed by atoms with van der Waals surface area (Å²) in [5, 5.41) is 22.6. The lowest BCUT2D eigenvalue weighted by Crippen LogP contribution is -2.39. The van der Waals surface area contributed by atoms with Crippen LogP contribution in [0, 0.1) is 42.2 Å². The number of halogens is 1. The second-order valence-corrected chi connectivity index (χ2v) is 11.9. The van der Waals surface area contributed by atoms with Crippen molar-refractivity contribution >= 4 is 40.5 Å². The van der Waals surface area contributed by atoms with Gasteiger partial charge in [-0.2, -0.15) is 5.26 Å². The van der Waals surface area contributed by atoms with Crippen LogP contribution in [0.15, 0.2) is 82.2 Å². The van der Waals surface area contributed by atoms with Crippen molar-refractivity contribution in [3.8, 4) is 6.07 Å². The molecule has 1 aliphatic carbocycles. The van der Waals surface area contributed by atoms with E-state index in [-0.39, 0.29) is 33.6 Å². The number of nitrogens with zero attached hydrogens (tertiary/aromatic N) is 3. The standard InChI is InChI=1S/C32H29ClN4O3S/c1-18-7-10-23(11-8-18)41-17-21-14-24(20(3)13-19(21)2)30-25(16-34)32(35)36(27-5-4-6-29(38)31(27)30)26-12-9-22(33)15-28(26)37(39)40/h7-15,30H,4-6,17,35H2,1-3H3. The maximum absolute atomic E-state index is 13.6. The third-order valence-electron chi connectivity index (χ3n) is 7.74. The number of nitrogens with two attached hydrogens (primary N) is 1. The molecule has 208 valence electrons. The summed E-state index contributed by atoms with van der Waals surface area (Å²) in [6.07, 6.45) is 1.42. The molecule has 5 rings (SSSR count). The van der Waals surface area contributed by atoms with E-state index >= 15 is 0 Å². The molecule has 0 fully saturated rings. The van der Waals surface area contributed by atoms with Gasteiger partial charge >= 0.3 is 0 Å². The highest BCUT2D eigenvalue weighted by Crippen LogP contribution is 2.49. The number of hydrogen-bond acceptors (Lipinski definition) is 7. The number of hydrogen-bond donors (Lipinski definition) is 1. The Hall–Kier alpha value is -4.06. The number of carbonyl (C=O) groups is 1. The van der Waals surface area contributed by atoms with E-state index in [1.165, 1.54) is 22.6 Å². The summed E-state index contributed by atoms with van der Waals surface area (Å²) in [6, 6.07) is 19.1. The van der Waals surface area contributed by atoms with Gasteiger partial charge in [-0.1, -0.05) is 41.4 Å². The first-order valence-corrected chi connectivity index (χ1v) is 14.7. The molecule has 1 heterocycles. The molecule has 0 saturated carbocycles. The topological polar surface area (TPSA) is 113 Å². The van der Waals surface area contributed by atoms with Crippen molar-refractivity contribution in [3.63, 3.8) is 0 Å². The monoisotopic (exact) mass is 584 g/mol. The Morgan fingerprint density at radius 1 is 1.10 bits per heavy atom. The van der Waals surface area contributed by atoms with Crippen molar-refractivity contribution in [1.82, 2.24) is 0 Å². The third-order valence-corrected chi connectivity index (χ3v) is 9.04. The highest BCUT2D eigenvalue weighted by atomic mass is 35.5. The molecular weight excluding hydrogens is 556 g/mol. The molecule has 2 N–H and O–H groups in total. The van der Waals surface area contributed by atoms with E-state index in [1.807, 2.05) is 6.92 Å². The number of rotatable bonds is 6. The van der Waals surface area contributed by atoms with Crippen molar-refractivity contribution in [2.24, 2.45) is 5.73 Å². The first-order valence-electron chi connectivity index (χ1n) is 13.3. The fourth-order valence-electron chi connectivity index (χ4n) is 5.68. The van der Waals surface area contributed by atoms with Gasteiger partial charge in [0.05, 0.1) is 22.5 Å². The minimum Gasteiger partial charge on any atom is -0.384 e. The SMILES string of the molecule is Cc1ccc(SCc2cc(C3C(C#N)=C(N)N(c4ccc(Cl)cc4[N+](=O)[O-])C4=C3C(=O)CCC4)c(C)cc2C)cc1. The molecule has 3 aromatic rings. The van der Waals surface area contributed by atoms with Gasteiger partial charge in [0.15, 0.2) is 5.78 Å². The molecule has 0 spiro atoms. The largest absolute Gasteiger partial charge is 0.384 e. The molecule has 9 heteroatoms. The average molecular weight is 585 g/mol. The first kappa shape index (κ1) is 28.5. The Bertz CT molecular complexity index is 1690. The van der Waals surface area contributed by atoms with E-state index in [0.29, 0.717) is 30.5 Å². The van der Waals surface area contributed by atoms with Crippen molar-refractivity contribution in [1.29, 1.82) is 5.26 Å². The molecule has 41 heavy (non-hydrogen) atoms. The smallest absolute Gasteiger partial charge is 0.294 e. The molecule has 1 unspecified atom stereocenters. The number of ketones is 1. The number of Topliss-reactive ketones (excluding diaryl/α,β-unsaturated/α-hetero) is 1. The second-order valence-electron chi connectivity index (χ2n) is 10.4. The Balaban J connectivity index is 1.66. The molecule has 0 bridgehead atoms. The number of allylic oxidation sites excluding steroid dienone is 3. The summed E-state index contributed by atoms with van der Waals surface area (Å²) >= 11 is 7.81. The lowest BCUT2D eigenvalue weighted by molar-refractivity contribution is -0.384. The fraction of sp³-hybridized carbons (Fsp3) is 0.250. The lowest BCUT2D eigenvalue weighted by atomic mass is 9.74. The number of benzene rings is 3. The fourth-order valence-corrected chi connectivity index (χ4v) is 6.81. The Morgan fingerprint density at radius 2 is 1.83 bits per heavy atom. The van der Waals surface area contributed by atoms with E-state index in [1.54, 1.807) is 17.8 Å². The van der Waals surface area contributed by atoms with Crippen LogP contribution in [-0.4, -0.2) is 10.7 Å². The molecule has 3 aromatic carbocycles. The first-order chi connectivity index (χ1) is 19.6. The Labute approximate surface area is 248 Å². The van der Waals surface area contributed by atoms with Crippen LogP contribution in [0.2, 0.25) is 5.02 Å². The van der Waals surface area contributed by atoms with E-state index in [2.05, 4.69) is 56.3 Å². The van der Waals surface area contributed by atoms with Crippen LogP contribution in [0.1, 0.15) is 53.0 Å². The Kier molecular flexibility index (Phi) is 7.94. The molecule has 7 nitrogen and oxygen atoms in total. The van der Waals surface area contributed by atoms with Crippen molar-refractivity contribution < 1.29 is 9.72 Å². The number of anilines is 1. The highest BCUT2D eigenvalue weighted by molar-refractivity contribution is 7.98. The second kappa shape index (κ2) is 11.4. The Morgan fingerprint density at radius 3 is 2.51 bits per heavy atom. The molecule has 0 amide bonds. The van der Waals surface area contributed by atoms with Crippen LogP contribution in [-0.2, 0) is 10.5 Å². The van der Waals surface area contributed by atoms with Gasteiger partial charge in [-0.15, -0.1) is 11.8 Å². The zero-order chi connectivity index (χ0) is 29.4. The van der Waals surface area contributed by atoms with Gasteiger partial charge in [0, 0.05) is 39.4 Å². The zero-order valence-electron chi connectivity index (χ0n) is 23.0. The van der Waals surface area contributed by atoms with E-state index in [0.717, 1.165) is 32.9 Å². The van der Waals surface area contributed by atoms with Crippen molar-refractivity contribution in [2.75, 3.05) is 4.90 Å². The quantitative estimate of drug-likeness (QED) is 0.179. The molecular formula is C32H29ClN4O3S. The number of nitro benzene ring substituents is 1. The van der Waals surface area contributed by atoms with Gasteiger partial charge in [0.2, 0.25) is 0 Å². The summed E-state index contributed by atoms with van der Waals surface area (Å²) in [7, 11) is 0. The summed E-state index contributed by atoms with van der Waals surface area (Å²) in [5.74, 6) is 0.0774. The number of aryl methyl sites for hydroxylation is 3. The van der Waals surface area contributed by atoms with Crippen LogP contribution >= 0.6 is 23.4 Å². The summed E-state index contributed by atoms with van der Waals surface area (Å²) in [4.78, 5) is 27.8. The van der Waals surface area contributed by atoms with E-state index in [9.17, 15) is 20.2 Å². The zero-order valence-corrected chi connectivity index (χ0v) is 24.6. The number of nitriles is 1. The molecule has 0 radical (unpaired) electrons. The van der Waals surface area contributed by atoms with Gasteiger partial charge in [-0.3, -0.25) is 19.8 Å². The maximum Gasteiger partial charge on any atom is 0.294 e. The lowest BCUT2D eigenvalue weighted by Gasteiger charge is -2.39. The molecule has 1 atom stereocenters. The predicted molar refractivity (Wildman–Crippen MR) is 163 cm³/mol. The van der Waals surface area contributed by atoms with Crippen molar-refractivity contribution in [3.05, 3.63) is 120 Å². The molecule has 0 aromatic heterocycles. The summed E-state index contributed by atoms with van der Waals surface area (Å²) in [5.41, 5.74) is 13.1. The molecule has 0 saturated heterocycles. The molecule has 1 aliphatic heterocycles. The average Bonchev–Trinajstić information content (AvgIpc) is 2.93. The molecule has 2 aliphatic rings. The van der Waals surface area contributed by atoms with Crippen LogP contribution in [0.25, 0.3) is 0 Å². The van der Waals surface area contributed by atoms with Gasteiger partial charge in [0.1, 0.15) is 11.5 Å². The maximum atomic E-state index is 13.6. The van der Waals surface area contributed by atoms with Gasteiger partial charge in [0.25, 0.3) is 5.69 Å². The summed E-state index contributed by atoms with van der Waals surface area (Å²) in [6.45, 7) is 6.10. The minimum atomic E-state index is -0.658. The van der Waals surface area contributed by atoms with Crippen molar-refractivity contribution in [2.45, 2.75) is 56.6 Å². The predicted octanol–water partition coefficient (Wildman–Crippen LogP) is 7.77. The third kappa shape index (κ3) is 5.35. The van der Waals surface area contributed by atoms with Crippen LogP contribution in [0.3, 0.4) is 0 Å². The minimum absolute atomic E-state index is 0.0753. The van der Waals surface area contributed by atoms with Crippen LogP contribution in [0.4, 0.5) is 11.4 Å². The highest BCUT2D eigenvalue weighted by Gasteiger charge is 2.42. The normalized spacial score (nSPS) is 17.0.